The molecule has 4 nitrogen and oxygen atoms in total. The third-order valence-corrected chi connectivity index (χ3v) is 4.38. The summed E-state index contributed by atoms with van der Waals surface area (Å²) >= 11 is 5.09. The summed E-state index contributed by atoms with van der Waals surface area (Å²) in [4.78, 5) is 9.66. The van der Waals surface area contributed by atoms with Crippen LogP contribution in [-0.2, 0) is 0 Å². The van der Waals surface area contributed by atoms with Crippen molar-refractivity contribution in [3.8, 4) is 11.1 Å². The lowest BCUT2D eigenvalue weighted by Gasteiger charge is -2.07. The van der Waals surface area contributed by atoms with E-state index in [1.54, 1.807) is 17.7 Å². The van der Waals surface area contributed by atoms with Crippen LogP contribution < -0.4 is 11.1 Å². The summed E-state index contributed by atoms with van der Waals surface area (Å²) in [5.41, 5.74) is 7.86. The largest absolute Gasteiger partial charge is 0.368 e. The van der Waals surface area contributed by atoms with E-state index >= 15 is 0 Å². The first-order valence-electron chi connectivity index (χ1n) is 6.21. The van der Waals surface area contributed by atoms with Gasteiger partial charge < -0.3 is 11.1 Å². The number of nitrogens with two attached hydrogens (primary N) is 1. The van der Waals surface area contributed by atoms with E-state index in [2.05, 4.69) is 48.7 Å². The van der Waals surface area contributed by atoms with E-state index in [9.17, 15) is 0 Å². The molecule has 2 heterocycles. The van der Waals surface area contributed by atoms with E-state index in [4.69, 9.17) is 5.73 Å². The summed E-state index contributed by atoms with van der Waals surface area (Å²) in [5, 5.41) is 6.45. The van der Waals surface area contributed by atoms with Crippen LogP contribution in [0.4, 0.5) is 5.82 Å². The average molecular weight is 349 g/mol. The molecule has 2 aromatic heterocycles. The molecular formula is C14H13BrN4S. The molecule has 3 rings (SSSR count). The Morgan fingerprint density at radius 3 is 2.75 bits per heavy atom. The second kappa shape index (κ2) is 5.87. The predicted molar refractivity (Wildman–Crippen MR) is 88.1 cm³/mol. The van der Waals surface area contributed by atoms with E-state index in [1.165, 1.54) is 0 Å². The third-order valence-electron chi connectivity index (χ3n) is 2.96. The van der Waals surface area contributed by atoms with Crippen molar-refractivity contribution in [1.82, 2.24) is 9.97 Å². The van der Waals surface area contributed by atoms with Crippen molar-refractivity contribution in [2.24, 2.45) is 5.73 Å². The smallest absolute Gasteiger partial charge is 0.138 e. The Morgan fingerprint density at radius 1 is 1.20 bits per heavy atom. The molecule has 0 atom stereocenters. The number of aromatic nitrogens is 2. The van der Waals surface area contributed by atoms with Crippen LogP contribution in [0.5, 0.6) is 0 Å². The fourth-order valence-electron chi connectivity index (χ4n) is 2.04. The van der Waals surface area contributed by atoms with E-state index in [-0.39, 0.29) is 0 Å². The number of nitrogens with zero attached hydrogens (tertiary/aromatic N) is 2. The van der Waals surface area contributed by atoms with E-state index < -0.39 is 0 Å². The molecule has 0 radical (unpaired) electrons. The fraction of sp³-hybridized carbons (Fsp3) is 0.143. The van der Waals surface area contributed by atoms with Crippen LogP contribution in [0.1, 0.15) is 0 Å². The maximum absolute atomic E-state index is 5.55. The number of benzene rings is 1. The van der Waals surface area contributed by atoms with Gasteiger partial charge >= 0.3 is 0 Å². The van der Waals surface area contributed by atoms with Gasteiger partial charge in [0.15, 0.2) is 0 Å². The second-order valence-corrected chi connectivity index (χ2v) is 6.05. The Bertz CT molecular complexity index is 724. The van der Waals surface area contributed by atoms with Gasteiger partial charge in [-0.2, -0.15) is 0 Å². The Labute approximate surface area is 129 Å². The Kier molecular flexibility index (Phi) is 3.95. The molecule has 3 N–H and O–H groups in total. The molecule has 0 saturated heterocycles. The third kappa shape index (κ3) is 2.54. The molecule has 3 aromatic rings. The van der Waals surface area contributed by atoms with Crippen molar-refractivity contribution in [3.05, 3.63) is 40.4 Å². The van der Waals surface area contributed by atoms with Crippen LogP contribution in [0.2, 0.25) is 0 Å². The molecule has 20 heavy (non-hydrogen) atoms. The van der Waals surface area contributed by atoms with Gasteiger partial charge in [-0.1, -0.05) is 28.1 Å². The molecule has 0 spiro atoms. The second-order valence-electron chi connectivity index (χ2n) is 4.27. The first kappa shape index (κ1) is 13.5. The van der Waals surface area contributed by atoms with Crippen molar-refractivity contribution >= 4 is 43.3 Å². The maximum Gasteiger partial charge on any atom is 0.138 e. The minimum absolute atomic E-state index is 0.573. The number of fused-ring (bicyclic) bond motifs is 1. The number of rotatable bonds is 4. The molecule has 0 aliphatic heterocycles. The highest BCUT2D eigenvalue weighted by atomic mass is 79.9. The molecular weight excluding hydrogens is 336 g/mol. The lowest BCUT2D eigenvalue weighted by Crippen LogP contribution is -2.14. The minimum Gasteiger partial charge on any atom is -0.368 e. The zero-order chi connectivity index (χ0) is 13.9. The van der Waals surface area contributed by atoms with Crippen molar-refractivity contribution < 1.29 is 0 Å². The quantitative estimate of drug-likeness (QED) is 0.757. The summed E-state index contributed by atoms with van der Waals surface area (Å²) in [6.45, 7) is 1.27. The zero-order valence-corrected chi connectivity index (χ0v) is 13.0. The van der Waals surface area contributed by atoms with Gasteiger partial charge in [0.05, 0.1) is 5.39 Å². The van der Waals surface area contributed by atoms with Crippen LogP contribution in [0.25, 0.3) is 21.3 Å². The van der Waals surface area contributed by atoms with Crippen LogP contribution in [0, 0.1) is 0 Å². The molecule has 0 bridgehead atoms. The number of thiophene rings is 1. The summed E-state index contributed by atoms with van der Waals surface area (Å²) in [7, 11) is 0. The lowest BCUT2D eigenvalue weighted by molar-refractivity contribution is 1.01. The lowest BCUT2D eigenvalue weighted by atomic mass is 10.1. The van der Waals surface area contributed by atoms with Crippen LogP contribution in [-0.4, -0.2) is 23.1 Å². The van der Waals surface area contributed by atoms with Crippen LogP contribution in [0.3, 0.4) is 0 Å². The maximum atomic E-state index is 5.55. The Hall–Kier alpha value is -1.50. The molecule has 0 unspecified atom stereocenters. The summed E-state index contributed by atoms with van der Waals surface area (Å²) < 4.78 is 1.07. The van der Waals surface area contributed by atoms with Gasteiger partial charge in [0.2, 0.25) is 0 Å². The number of hydrogen-bond acceptors (Lipinski definition) is 5. The molecule has 0 amide bonds. The molecule has 102 valence electrons. The Morgan fingerprint density at radius 2 is 2.00 bits per heavy atom. The molecule has 6 heteroatoms. The molecule has 0 aliphatic rings. The van der Waals surface area contributed by atoms with Gasteiger partial charge in [-0.25, -0.2) is 9.97 Å². The molecule has 0 aliphatic carbocycles. The highest BCUT2D eigenvalue weighted by Gasteiger charge is 2.12. The van der Waals surface area contributed by atoms with Crippen LogP contribution >= 0.6 is 27.3 Å². The highest BCUT2D eigenvalue weighted by molar-refractivity contribution is 9.10. The van der Waals surface area contributed by atoms with Gasteiger partial charge in [0, 0.05) is 28.5 Å². The topological polar surface area (TPSA) is 63.8 Å². The van der Waals surface area contributed by atoms with E-state index in [1.807, 2.05) is 12.1 Å². The van der Waals surface area contributed by atoms with E-state index in [0.29, 0.717) is 13.1 Å². The van der Waals surface area contributed by atoms with E-state index in [0.717, 1.165) is 31.6 Å². The zero-order valence-electron chi connectivity index (χ0n) is 10.6. The van der Waals surface area contributed by atoms with Gasteiger partial charge in [-0.05, 0) is 17.7 Å². The molecule has 0 saturated carbocycles. The first-order valence-corrected chi connectivity index (χ1v) is 7.89. The standard InChI is InChI=1S/C14H13BrN4S/c15-10-3-1-9(2-4-10)11-7-20-14-12(11)13(17-6-5-16)18-8-19-14/h1-4,7-8H,5-6,16H2,(H,17,18,19). The summed E-state index contributed by atoms with van der Waals surface area (Å²) in [5.74, 6) is 0.847. The van der Waals surface area contributed by atoms with Crippen molar-refractivity contribution in [3.63, 3.8) is 0 Å². The predicted octanol–water partition coefficient (Wildman–Crippen LogP) is 3.49. The fourth-order valence-corrected chi connectivity index (χ4v) is 3.22. The van der Waals surface area contributed by atoms with Gasteiger partial charge in [-0.15, -0.1) is 11.3 Å². The van der Waals surface area contributed by atoms with Gasteiger partial charge in [0.25, 0.3) is 0 Å². The van der Waals surface area contributed by atoms with Crippen molar-refractivity contribution in [1.29, 1.82) is 0 Å². The number of halogens is 1. The Balaban J connectivity index is 2.13. The summed E-state index contributed by atoms with van der Waals surface area (Å²) in [6, 6.07) is 8.25. The normalized spacial score (nSPS) is 10.9. The first-order chi connectivity index (χ1) is 9.79. The molecule has 0 fully saturated rings. The average Bonchev–Trinajstić information content (AvgIpc) is 2.90. The van der Waals surface area contributed by atoms with Gasteiger partial charge in [-0.3, -0.25) is 0 Å². The van der Waals surface area contributed by atoms with Gasteiger partial charge in [0.1, 0.15) is 17.0 Å². The highest BCUT2D eigenvalue weighted by Crippen LogP contribution is 2.36. The minimum atomic E-state index is 0.573. The van der Waals surface area contributed by atoms with Crippen molar-refractivity contribution in [2.45, 2.75) is 0 Å². The number of anilines is 1. The number of hydrogen-bond donors (Lipinski definition) is 2. The SMILES string of the molecule is NCCNc1ncnc2scc(-c3ccc(Br)cc3)c12. The monoisotopic (exact) mass is 348 g/mol. The number of nitrogens with one attached hydrogen (secondary N) is 1. The molecule has 1 aromatic carbocycles. The summed E-state index contributed by atoms with van der Waals surface area (Å²) in [6.07, 6.45) is 1.59. The van der Waals surface area contributed by atoms with Crippen LogP contribution in [0.15, 0.2) is 40.4 Å². The van der Waals surface area contributed by atoms with Crippen molar-refractivity contribution in [2.75, 3.05) is 18.4 Å².